The summed E-state index contributed by atoms with van der Waals surface area (Å²) in [6.45, 7) is 1.44. The predicted octanol–water partition coefficient (Wildman–Crippen LogP) is -4.43. The first-order valence-electron chi connectivity index (χ1n) is 9.31. The molecule has 14 heteroatoms. The van der Waals surface area contributed by atoms with E-state index in [1.807, 2.05) is 5.32 Å². The van der Waals surface area contributed by atoms with E-state index in [9.17, 15) is 34.5 Å². The Morgan fingerprint density at radius 2 is 1.61 bits per heavy atom. The molecule has 6 unspecified atom stereocenters. The van der Waals surface area contributed by atoms with Crippen LogP contribution < -0.4 is 21.7 Å². The van der Waals surface area contributed by atoms with E-state index in [2.05, 4.69) is 20.6 Å². The van der Waals surface area contributed by atoms with E-state index in [0.717, 1.165) is 6.92 Å². The maximum Gasteiger partial charge on any atom is 0.328 e. The van der Waals surface area contributed by atoms with Crippen molar-refractivity contribution in [3.8, 4) is 0 Å². The summed E-state index contributed by atoms with van der Waals surface area (Å²) in [5.41, 5.74) is 6.36. The number of carboxylic acid groups (broad SMARTS) is 1. The van der Waals surface area contributed by atoms with Gasteiger partial charge in [-0.2, -0.15) is 0 Å². The smallest absolute Gasteiger partial charge is 0.328 e. The minimum atomic E-state index is -1.67. The van der Waals surface area contributed by atoms with Crippen LogP contribution in [-0.4, -0.2) is 97.1 Å². The third-order valence-electron chi connectivity index (χ3n) is 4.26. The Labute approximate surface area is 177 Å². The van der Waals surface area contributed by atoms with Gasteiger partial charge in [0.15, 0.2) is 6.04 Å². The van der Waals surface area contributed by atoms with Gasteiger partial charge >= 0.3 is 5.97 Å². The lowest BCUT2D eigenvalue weighted by Gasteiger charge is -2.26. The summed E-state index contributed by atoms with van der Waals surface area (Å²) >= 11 is 0. The molecule has 1 aromatic rings. The van der Waals surface area contributed by atoms with Crippen LogP contribution in [0.4, 0.5) is 0 Å². The zero-order chi connectivity index (χ0) is 23.7. The van der Waals surface area contributed by atoms with Crippen LogP contribution in [0.1, 0.15) is 19.5 Å². The van der Waals surface area contributed by atoms with Crippen molar-refractivity contribution in [2.24, 2.45) is 5.73 Å². The monoisotopic (exact) mass is 444 g/mol. The number of aliphatic hydroxyl groups is 3. The maximum absolute atomic E-state index is 12.5. The second-order valence-corrected chi connectivity index (χ2v) is 6.92. The molecule has 0 aromatic carbocycles. The van der Waals surface area contributed by atoms with Gasteiger partial charge in [-0.1, -0.05) is 0 Å². The lowest BCUT2D eigenvalue weighted by molar-refractivity contribution is -0.145. The summed E-state index contributed by atoms with van der Waals surface area (Å²) < 4.78 is 0. The SMILES string of the molecule is CC(O)C(NC(=O)C(CO)NC(=O)C(NC(=O)C(N)Cc1cnc[nH]1)C(C)O)C(=O)O. The molecule has 0 saturated carbocycles. The van der Waals surface area contributed by atoms with E-state index in [-0.39, 0.29) is 6.42 Å². The number of carboxylic acids is 1. The number of rotatable bonds is 12. The molecule has 1 rings (SSSR count). The molecule has 1 aromatic heterocycles. The third-order valence-corrected chi connectivity index (χ3v) is 4.26. The van der Waals surface area contributed by atoms with Gasteiger partial charge in [-0.3, -0.25) is 14.4 Å². The molecule has 174 valence electrons. The summed E-state index contributed by atoms with van der Waals surface area (Å²) in [5.74, 6) is -4.39. The molecular formula is C17H28N6O8. The van der Waals surface area contributed by atoms with Crippen molar-refractivity contribution in [2.75, 3.05) is 6.61 Å². The highest BCUT2D eigenvalue weighted by Crippen LogP contribution is 2.01. The van der Waals surface area contributed by atoms with Gasteiger partial charge in [0, 0.05) is 18.3 Å². The van der Waals surface area contributed by atoms with E-state index in [1.165, 1.54) is 19.4 Å². The topological polar surface area (TPSA) is 240 Å². The maximum atomic E-state index is 12.5. The van der Waals surface area contributed by atoms with E-state index in [0.29, 0.717) is 5.69 Å². The van der Waals surface area contributed by atoms with Crippen LogP contribution in [0.2, 0.25) is 0 Å². The van der Waals surface area contributed by atoms with E-state index < -0.39 is 66.7 Å². The number of aromatic nitrogens is 2. The van der Waals surface area contributed by atoms with Crippen LogP contribution in [0.3, 0.4) is 0 Å². The summed E-state index contributed by atoms with van der Waals surface area (Å²) in [5, 5.41) is 44.1. The van der Waals surface area contributed by atoms with Crippen molar-refractivity contribution in [3.63, 3.8) is 0 Å². The van der Waals surface area contributed by atoms with Crippen LogP contribution in [0.25, 0.3) is 0 Å². The standard InChI is InChI=1S/C17H28N6O8/c1-7(25)12(22-14(27)10(18)3-9-4-19-6-20-9)16(29)21-11(5-24)15(28)23-13(8(2)26)17(30)31/h4,6-8,10-13,24-26H,3,5,18H2,1-2H3,(H,19,20)(H,21,29)(H,22,27)(H,23,28)(H,30,31). The first-order chi connectivity index (χ1) is 14.5. The lowest BCUT2D eigenvalue weighted by atomic mass is 10.1. The summed E-state index contributed by atoms with van der Waals surface area (Å²) in [4.78, 5) is 54.6. The van der Waals surface area contributed by atoms with E-state index in [1.54, 1.807) is 0 Å². The number of hydrogen-bond acceptors (Lipinski definition) is 9. The number of aliphatic hydroxyl groups excluding tert-OH is 3. The molecule has 6 atom stereocenters. The van der Waals surface area contributed by atoms with Crippen LogP contribution in [0.5, 0.6) is 0 Å². The second kappa shape index (κ2) is 11.9. The fourth-order valence-electron chi connectivity index (χ4n) is 2.49. The molecular weight excluding hydrogens is 416 g/mol. The van der Waals surface area contributed by atoms with E-state index in [4.69, 9.17) is 10.8 Å². The fraction of sp³-hybridized carbons (Fsp3) is 0.588. The van der Waals surface area contributed by atoms with Crippen LogP contribution in [0.15, 0.2) is 12.5 Å². The summed E-state index contributed by atoms with van der Waals surface area (Å²) in [6.07, 6.45) is 0.108. The van der Waals surface area contributed by atoms with Crippen molar-refractivity contribution in [1.82, 2.24) is 25.9 Å². The third kappa shape index (κ3) is 7.93. The molecule has 0 aliphatic heterocycles. The second-order valence-electron chi connectivity index (χ2n) is 6.92. The molecule has 1 heterocycles. The summed E-state index contributed by atoms with van der Waals surface area (Å²) in [6, 6.07) is -5.88. The molecule has 0 radical (unpaired) electrons. The molecule has 3 amide bonds. The average Bonchev–Trinajstić information content (AvgIpc) is 3.19. The molecule has 14 nitrogen and oxygen atoms in total. The van der Waals surface area contributed by atoms with Crippen LogP contribution in [0, 0.1) is 0 Å². The summed E-state index contributed by atoms with van der Waals surface area (Å²) in [7, 11) is 0. The number of carbonyl (C=O) groups is 4. The molecule has 10 N–H and O–H groups in total. The van der Waals surface area contributed by atoms with Crippen molar-refractivity contribution in [3.05, 3.63) is 18.2 Å². The number of aliphatic carboxylic acids is 1. The number of nitrogens with two attached hydrogens (primary N) is 1. The van der Waals surface area contributed by atoms with Gasteiger partial charge in [-0.05, 0) is 13.8 Å². The molecule has 0 aliphatic carbocycles. The van der Waals surface area contributed by atoms with Gasteiger partial charge in [0.2, 0.25) is 17.7 Å². The lowest BCUT2D eigenvalue weighted by Crippen LogP contribution is -2.61. The minimum absolute atomic E-state index is 0.0809. The Morgan fingerprint density at radius 3 is 2.06 bits per heavy atom. The average molecular weight is 444 g/mol. The van der Waals surface area contributed by atoms with Gasteiger partial charge in [-0.25, -0.2) is 9.78 Å². The van der Waals surface area contributed by atoms with Gasteiger partial charge in [-0.15, -0.1) is 0 Å². The molecule has 0 bridgehead atoms. The highest BCUT2D eigenvalue weighted by Gasteiger charge is 2.33. The van der Waals surface area contributed by atoms with Gasteiger partial charge in [0.05, 0.1) is 31.2 Å². The minimum Gasteiger partial charge on any atom is -0.480 e. The number of nitrogens with zero attached hydrogens (tertiary/aromatic N) is 1. The van der Waals surface area contributed by atoms with Crippen molar-refractivity contribution in [2.45, 2.75) is 56.6 Å². The Morgan fingerprint density at radius 1 is 1.03 bits per heavy atom. The normalized spacial score (nSPS) is 16.8. The number of H-pyrrole nitrogens is 1. The number of hydrogen-bond donors (Lipinski definition) is 9. The van der Waals surface area contributed by atoms with E-state index >= 15 is 0 Å². The number of amides is 3. The first-order valence-corrected chi connectivity index (χ1v) is 9.31. The predicted molar refractivity (Wildman–Crippen MR) is 104 cm³/mol. The molecule has 0 spiro atoms. The number of aromatic amines is 1. The van der Waals surface area contributed by atoms with Crippen molar-refractivity contribution >= 4 is 23.7 Å². The molecule has 0 fully saturated rings. The largest absolute Gasteiger partial charge is 0.480 e. The Kier molecular flexibility index (Phi) is 10.0. The molecule has 31 heavy (non-hydrogen) atoms. The highest BCUT2D eigenvalue weighted by atomic mass is 16.4. The number of carbonyl (C=O) groups excluding carboxylic acids is 3. The van der Waals surface area contributed by atoms with Gasteiger partial charge in [0.1, 0.15) is 12.1 Å². The fourth-order valence-corrected chi connectivity index (χ4v) is 2.49. The zero-order valence-corrected chi connectivity index (χ0v) is 17.0. The number of nitrogens with one attached hydrogen (secondary N) is 4. The molecule has 0 aliphatic rings. The van der Waals surface area contributed by atoms with Gasteiger partial charge in [0.25, 0.3) is 0 Å². The van der Waals surface area contributed by atoms with Crippen molar-refractivity contribution < 1.29 is 39.6 Å². The first kappa shape index (κ1) is 26.0. The molecule has 0 saturated heterocycles. The highest BCUT2D eigenvalue weighted by molar-refractivity contribution is 5.94. The number of imidazole rings is 1. The Hall–Kier alpha value is -3.07. The zero-order valence-electron chi connectivity index (χ0n) is 17.0. The van der Waals surface area contributed by atoms with Crippen LogP contribution in [-0.2, 0) is 25.6 Å². The van der Waals surface area contributed by atoms with Gasteiger partial charge < -0.3 is 47.1 Å². The Balaban J connectivity index is 2.78. The Bertz CT molecular complexity index is 754. The van der Waals surface area contributed by atoms with Crippen molar-refractivity contribution in [1.29, 1.82) is 0 Å². The quantitative estimate of drug-likeness (QED) is 0.150. The van der Waals surface area contributed by atoms with Crippen LogP contribution >= 0.6 is 0 Å².